The molecule has 11 heteroatoms. The van der Waals surface area contributed by atoms with Crippen molar-refractivity contribution in [3.63, 3.8) is 0 Å². The second kappa shape index (κ2) is 8.39. The van der Waals surface area contributed by atoms with Crippen LogP contribution in [-0.4, -0.2) is 88.6 Å². The van der Waals surface area contributed by atoms with Gasteiger partial charge in [0, 0.05) is 17.0 Å². The number of aliphatic carboxylic acids is 3. The van der Waals surface area contributed by atoms with Crippen LogP contribution in [0.4, 0.5) is 0 Å². The maximum atomic E-state index is 12.1. The second-order valence-electron chi connectivity index (χ2n) is 9.76. The molecular formula is C19H33NO10. The average Bonchev–Trinajstić information content (AvgIpc) is 2.47. The first kappa shape index (κ1) is 26.2. The first-order chi connectivity index (χ1) is 13.3. The topological polar surface area (TPSA) is 185 Å². The number of rotatable bonds is 9. The van der Waals surface area contributed by atoms with E-state index >= 15 is 0 Å². The fourth-order valence-electron chi connectivity index (χ4n) is 4.51. The molecule has 4 atom stereocenters. The van der Waals surface area contributed by atoms with Crippen LogP contribution in [-0.2, 0) is 19.2 Å². The summed E-state index contributed by atoms with van der Waals surface area (Å²) < 4.78 is 0. The normalized spacial score (nSPS) is 27.1. The summed E-state index contributed by atoms with van der Waals surface area (Å²) in [4.78, 5) is 40.9. The number of aliphatic hydroxyl groups is 3. The number of hydroxylamine groups is 2. The minimum Gasteiger partial charge on any atom is -0.481 e. The highest BCUT2D eigenvalue weighted by atomic mass is 16.7. The molecule has 1 rings (SSSR count). The summed E-state index contributed by atoms with van der Waals surface area (Å²) in [7, 11) is 0. The molecule has 1 saturated heterocycles. The highest BCUT2D eigenvalue weighted by Crippen LogP contribution is 2.48. The zero-order chi connectivity index (χ0) is 23.9. The van der Waals surface area contributed by atoms with Gasteiger partial charge in [-0.05, 0) is 48.0 Å². The van der Waals surface area contributed by atoms with Gasteiger partial charge in [0.2, 0.25) is 0 Å². The Morgan fingerprint density at radius 2 is 1.60 bits per heavy atom. The lowest BCUT2D eigenvalue weighted by molar-refractivity contribution is -0.329. The van der Waals surface area contributed by atoms with E-state index in [0.29, 0.717) is 0 Å². The molecule has 0 amide bonds. The molecule has 0 aromatic carbocycles. The summed E-state index contributed by atoms with van der Waals surface area (Å²) in [6, 6.07) is 0. The minimum absolute atomic E-state index is 0.0560. The molecule has 0 spiro atoms. The van der Waals surface area contributed by atoms with Gasteiger partial charge in [-0.1, -0.05) is 0 Å². The van der Waals surface area contributed by atoms with Gasteiger partial charge in [0.15, 0.2) is 5.60 Å². The number of hydrogen-bond donors (Lipinski definition) is 6. The van der Waals surface area contributed by atoms with E-state index < -0.39 is 64.5 Å². The SMILES string of the molecule is CC(C)(O)CON1C(C)(C)CC(O)C(C(C(=O)O)C(O)(CC(=O)O)C(=O)O)C1(C)C. The molecule has 0 aromatic heterocycles. The third kappa shape index (κ3) is 5.27. The Labute approximate surface area is 174 Å². The molecule has 1 fully saturated rings. The van der Waals surface area contributed by atoms with Crippen LogP contribution in [0.1, 0.15) is 54.4 Å². The summed E-state index contributed by atoms with van der Waals surface area (Å²) in [6.07, 6.45) is -2.82. The third-order valence-corrected chi connectivity index (χ3v) is 5.49. The van der Waals surface area contributed by atoms with Crippen molar-refractivity contribution in [2.24, 2.45) is 11.8 Å². The first-order valence-electron chi connectivity index (χ1n) is 9.51. The number of carbonyl (C=O) groups is 3. The van der Waals surface area contributed by atoms with Gasteiger partial charge in [0.1, 0.15) is 5.92 Å². The van der Waals surface area contributed by atoms with Crippen LogP contribution in [0.15, 0.2) is 0 Å². The zero-order valence-corrected chi connectivity index (χ0v) is 18.1. The van der Waals surface area contributed by atoms with Crippen LogP contribution in [0.5, 0.6) is 0 Å². The molecule has 1 aliphatic rings. The molecular weight excluding hydrogens is 402 g/mol. The van der Waals surface area contributed by atoms with Crippen LogP contribution in [0.3, 0.4) is 0 Å². The zero-order valence-electron chi connectivity index (χ0n) is 18.1. The molecule has 30 heavy (non-hydrogen) atoms. The van der Waals surface area contributed by atoms with E-state index in [0.717, 1.165) is 0 Å². The Hall–Kier alpha value is -1.79. The van der Waals surface area contributed by atoms with E-state index in [1.54, 1.807) is 13.8 Å². The number of carboxylic acid groups (broad SMARTS) is 3. The second-order valence-corrected chi connectivity index (χ2v) is 9.76. The Bertz CT molecular complexity index is 683. The lowest BCUT2D eigenvalue weighted by atomic mass is 9.62. The molecule has 11 nitrogen and oxygen atoms in total. The molecule has 0 aliphatic carbocycles. The summed E-state index contributed by atoms with van der Waals surface area (Å²) in [5.74, 6) is -9.08. The lowest BCUT2D eigenvalue weighted by Crippen LogP contribution is -2.71. The van der Waals surface area contributed by atoms with Crippen LogP contribution in [0.2, 0.25) is 0 Å². The van der Waals surface area contributed by atoms with Crippen molar-refractivity contribution in [2.75, 3.05) is 6.61 Å². The average molecular weight is 435 g/mol. The predicted octanol–water partition coefficient (Wildman–Crippen LogP) is -0.0799. The van der Waals surface area contributed by atoms with Crippen molar-refractivity contribution in [1.82, 2.24) is 5.06 Å². The van der Waals surface area contributed by atoms with Crippen LogP contribution < -0.4 is 0 Å². The smallest absolute Gasteiger partial charge is 0.337 e. The molecule has 0 bridgehead atoms. The summed E-state index contributed by atoms with van der Waals surface area (Å²) in [5, 5.41) is 61.4. The fraction of sp³-hybridized carbons (Fsp3) is 0.842. The quantitative estimate of drug-likeness (QED) is 0.284. The Morgan fingerprint density at radius 3 is 1.97 bits per heavy atom. The van der Waals surface area contributed by atoms with E-state index in [1.807, 2.05) is 0 Å². The third-order valence-electron chi connectivity index (χ3n) is 5.49. The highest BCUT2D eigenvalue weighted by Gasteiger charge is 2.63. The van der Waals surface area contributed by atoms with Crippen LogP contribution >= 0.6 is 0 Å². The number of hydrogen-bond acceptors (Lipinski definition) is 8. The standard InChI is InChI=1S/C19H33NO10/c1-16(2)7-10(21)12(18(5,6)20(16)30-9-17(3,4)28)13(14(24)25)19(29,15(26)27)8-11(22)23/h10,12-13,21,28-29H,7-9H2,1-6H3,(H,22,23)(H,24,25)(H,26,27). The van der Waals surface area contributed by atoms with E-state index in [-0.39, 0.29) is 13.0 Å². The van der Waals surface area contributed by atoms with Crippen LogP contribution in [0.25, 0.3) is 0 Å². The first-order valence-corrected chi connectivity index (χ1v) is 9.51. The van der Waals surface area contributed by atoms with E-state index in [9.17, 15) is 39.9 Å². The molecule has 4 unspecified atom stereocenters. The molecule has 0 saturated carbocycles. The van der Waals surface area contributed by atoms with Crippen molar-refractivity contribution in [2.45, 2.75) is 82.8 Å². The van der Waals surface area contributed by atoms with Crippen molar-refractivity contribution >= 4 is 17.9 Å². The van der Waals surface area contributed by atoms with Gasteiger partial charge in [-0.25, -0.2) is 4.79 Å². The number of nitrogens with zero attached hydrogens (tertiary/aromatic N) is 1. The van der Waals surface area contributed by atoms with Crippen molar-refractivity contribution in [3.05, 3.63) is 0 Å². The van der Waals surface area contributed by atoms with Crippen molar-refractivity contribution in [1.29, 1.82) is 0 Å². The monoisotopic (exact) mass is 435 g/mol. The van der Waals surface area contributed by atoms with Gasteiger partial charge < -0.3 is 30.6 Å². The molecule has 174 valence electrons. The lowest BCUT2D eigenvalue weighted by Gasteiger charge is -2.59. The van der Waals surface area contributed by atoms with Gasteiger partial charge in [-0.3, -0.25) is 14.4 Å². The van der Waals surface area contributed by atoms with Crippen molar-refractivity contribution in [3.8, 4) is 0 Å². The maximum absolute atomic E-state index is 12.1. The van der Waals surface area contributed by atoms with Gasteiger partial charge in [0.25, 0.3) is 0 Å². The van der Waals surface area contributed by atoms with E-state index in [4.69, 9.17) is 9.94 Å². The molecule has 0 aromatic rings. The largest absolute Gasteiger partial charge is 0.481 e. The van der Waals surface area contributed by atoms with Crippen molar-refractivity contribution < 1.29 is 49.9 Å². The van der Waals surface area contributed by atoms with E-state index in [1.165, 1.54) is 32.8 Å². The van der Waals surface area contributed by atoms with Gasteiger partial charge in [-0.2, -0.15) is 5.06 Å². The van der Waals surface area contributed by atoms with Gasteiger partial charge in [0.05, 0.1) is 24.7 Å². The summed E-state index contributed by atoms with van der Waals surface area (Å²) in [6.45, 7) is 9.26. The van der Waals surface area contributed by atoms with Gasteiger partial charge >= 0.3 is 17.9 Å². The summed E-state index contributed by atoms with van der Waals surface area (Å²) in [5.41, 5.74) is -6.65. The van der Waals surface area contributed by atoms with Gasteiger partial charge in [-0.15, -0.1) is 0 Å². The number of aliphatic hydroxyl groups excluding tert-OH is 1. The molecule has 1 aliphatic heterocycles. The maximum Gasteiger partial charge on any atom is 0.337 e. The highest BCUT2D eigenvalue weighted by molar-refractivity contribution is 5.90. The number of piperidine rings is 1. The number of carboxylic acids is 3. The molecule has 6 N–H and O–H groups in total. The Balaban J connectivity index is 3.58. The Kier molecular flexibility index (Phi) is 7.34. The minimum atomic E-state index is -3.18. The summed E-state index contributed by atoms with van der Waals surface area (Å²) >= 11 is 0. The fourth-order valence-corrected chi connectivity index (χ4v) is 4.51. The molecule has 0 radical (unpaired) electrons. The van der Waals surface area contributed by atoms with Crippen LogP contribution in [0, 0.1) is 11.8 Å². The predicted molar refractivity (Wildman–Crippen MR) is 102 cm³/mol. The Morgan fingerprint density at radius 1 is 1.10 bits per heavy atom. The molecule has 1 heterocycles. The van der Waals surface area contributed by atoms with E-state index in [2.05, 4.69) is 0 Å².